The first-order chi connectivity index (χ1) is 9.19. The van der Waals surface area contributed by atoms with Gasteiger partial charge in [-0.1, -0.05) is 32.6 Å². The average Bonchev–Trinajstić information content (AvgIpc) is 2.43. The molecule has 1 aromatic carbocycles. The number of carbonyl (C=O) groups excluding carboxylic acids is 1. The molecule has 0 amide bonds. The van der Waals surface area contributed by atoms with Crippen LogP contribution in [0.25, 0.3) is 0 Å². The fourth-order valence-electron chi connectivity index (χ4n) is 1.86. The minimum Gasteiger partial charge on any atom is -0.465 e. The van der Waals surface area contributed by atoms with Crippen LogP contribution in [0.1, 0.15) is 49.4 Å². The molecule has 4 heteroatoms. The molecule has 0 radical (unpaired) electrons. The molecule has 106 valence electrons. The van der Waals surface area contributed by atoms with E-state index in [9.17, 15) is 9.18 Å². The van der Waals surface area contributed by atoms with E-state index in [1.54, 1.807) is 0 Å². The standard InChI is InChI=1S/C15H22FNO2/c1-3-4-5-6-7-10-17-14-11-12(15(18)19-2)8-9-13(14)16/h8-9,11,17H,3-7,10H2,1-2H3. The summed E-state index contributed by atoms with van der Waals surface area (Å²) in [5, 5.41) is 3.03. The van der Waals surface area contributed by atoms with Gasteiger partial charge in [-0.3, -0.25) is 0 Å². The van der Waals surface area contributed by atoms with Crippen molar-refractivity contribution < 1.29 is 13.9 Å². The average molecular weight is 267 g/mol. The van der Waals surface area contributed by atoms with Gasteiger partial charge >= 0.3 is 5.97 Å². The van der Waals surface area contributed by atoms with Gasteiger partial charge < -0.3 is 10.1 Å². The van der Waals surface area contributed by atoms with E-state index in [1.807, 2.05) is 0 Å². The Bertz CT molecular complexity index is 407. The van der Waals surface area contributed by atoms with E-state index in [1.165, 1.54) is 44.6 Å². The van der Waals surface area contributed by atoms with Gasteiger partial charge in [-0.05, 0) is 24.6 Å². The summed E-state index contributed by atoms with van der Waals surface area (Å²) >= 11 is 0. The highest BCUT2D eigenvalue weighted by molar-refractivity contribution is 5.90. The molecule has 0 heterocycles. The maximum absolute atomic E-state index is 13.6. The SMILES string of the molecule is CCCCCCCNc1cc(C(=O)OC)ccc1F. The largest absolute Gasteiger partial charge is 0.465 e. The number of unbranched alkanes of at least 4 members (excludes halogenated alkanes) is 4. The van der Waals surface area contributed by atoms with Gasteiger partial charge in [-0.15, -0.1) is 0 Å². The number of ether oxygens (including phenoxy) is 1. The van der Waals surface area contributed by atoms with Crippen molar-refractivity contribution in [2.24, 2.45) is 0 Å². The summed E-state index contributed by atoms with van der Waals surface area (Å²) in [5.74, 6) is -0.799. The molecule has 0 atom stereocenters. The lowest BCUT2D eigenvalue weighted by Crippen LogP contribution is -2.06. The number of benzene rings is 1. The van der Waals surface area contributed by atoms with Gasteiger partial charge in [0.25, 0.3) is 0 Å². The van der Waals surface area contributed by atoms with Crippen molar-refractivity contribution in [3.8, 4) is 0 Å². The van der Waals surface area contributed by atoms with Crippen LogP contribution < -0.4 is 5.32 Å². The molecule has 1 aromatic rings. The summed E-state index contributed by atoms with van der Waals surface area (Å²) in [4.78, 5) is 11.4. The number of anilines is 1. The van der Waals surface area contributed by atoms with Crippen LogP contribution in [0.2, 0.25) is 0 Å². The zero-order valence-corrected chi connectivity index (χ0v) is 11.7. The number of carbonyl (C=O) groups is 1. The molecular formula is C15H22FNO2. The van der Waals surface area contributed by atoms with Crippen molar-refractivity contribution in [1.29, 1.82) is 0 Å². The molecule has 0 aromatic heterocycles. The summed E-state index contributed by atoms with van der Waals surface area (Å²) in [7, 11) is 1.31. The first-order valence-electron chi connectivity index (χ1n) is 6.80. The second kappa shape index (κ2) is 8.51. The smallest absolute Gasteiger partial charge is 0.337 e. The van der Waals surface area contributed by atoms with Crippen molar-refractivity contribution in [1.82, 2.24) is 0 Å². The maximum Gasteiger partial charge on any atom is 0.337 e. The minimum absolute atomic E-state index is 0.346. The quantitative estimate of drug-likeness (QED) is 0.571. The Morgan fingerprint density at radius 3 is 2.68 bits per heavy atom. The van der Waals surface area contributed by atoms with Crippen LogP contribution >= 0.6 is 0 Å². The first-order valence-corrected chi connectivity index (χ1v) is 6.80. The highest BCUT2D eigenvalue weighted by Gasteiger charge is 2.09. The molecule has 3 nitrogen and oxygen atoms in total. The van der Waals surface area contributed by atoms with Crippen LogP contribution in [0.15, 0.2) is 18.2 Å². The van der Waals surface area contributed by atoms with Crippen LogP contribution in [-0.4, -0.2) is 19.6 Å². The number of esters is 1. The van der Waals surface area contributed by atoms with Gasteiger partial charge in [0.1, 0.15) is 5.82 Å². The van der Waals surface area contributed by atoms with Crippen molar-refractivity contribution in [3.63, 3.8) is 0 Å². The number of rotatable bonds is 8. The van der Waals surface area contributed by atoms with E-state index in [-0.39, 0.29) is 5.82 Å². The predicted octanol–water partition coefficient (Wildman–Crippen LogP) is 3.99. The van der Waals surface area contributed by atoms with E-state index in [0.717, 1.165) is 12.8 Å². The third-order valence-electron chi connectivity index (χ3n) is 2.98. The highest BCUT2D eigenvalue weighted by atomic mass is 19.1. The fraction of sp³-hybridized carbons (Fsp3) is 0.533. The Kier molecular flexibility index (Phi) is 6.93. The lowest BCUT2D eigenvalue weighted by molar-refractivity contribution is 0.0600. The molecule has 0 unspecified atom stereocenters. The number of halogens is 1. The second-order valence-corrected chi connectivity index (χ2v) is 4.53. The molecule has 0 aliphatic heterocycles. The van der Waals surface area contributed by atoms with Gasteiger partial charge in [0.2, 0.25) is 0 Å². The number of nitrogens with one attached hydrogen (secondary N) is 1. The van der Waals surface area contributed by atoms with Crippen LogP contribution in [0.5, 0.6) is 0 Å². The molecule has 1 N–H and O–H groups in total. The summed E-state index contributed by atoms with van der Waals surface area (Å²) in [5.41, 5.74) is 0.718. The molecule has 0 saturated heterocycles. The Balaban J connectivity index is 2.46. The van der Waals surface area contributed by atoms with E-state index in [0.29, 0.717) is 17.8 Å². The summed E-state index contributed by atoms with van der Waals surface area (Å²) < 4.78 is 18.2. The molecule has 0 fully saturated rings. The monoisotopic (exact) mass is 267 g/mol. The molecule has 1 rings (SSSR count). The molecule has 0 spiro atoms. The third kappa shape index (κ3) is 5.28. The van der Waals surface area contributed by atoms with Gasteiger partial charge in [-0.2, -0.15) is 0 Å². The number of methoxy groups -OCH3 is 1. The van der Waals surface area contributed by atoms with Crippen molar-refractivity contribution in [3.05, 3.63) is 29.6 Å². The van der Waals surface area contributed by atoms with E-state index in [4.69, 9.17) is 0 Å². The highest BCUT2D eigenvalue weighted by Crippen LogP contribution is 2.17. The zero-order valence-electron chi connectivity index (χ0n) is 11.7. The predicted molar refractivity (Wildman–Crippen MR) is 75.0 cm³/mol. The number of hydrogen-bond acceptors (Lipinski definition) is 3. The number of hydrogen-bond donors (Lipinski definition) is 1. The summed E-state index contributed by atoms with van der Waals surface area (Å²) in [6, 6.07) is 4.20. The maximum atomic E-state index is 13.6. The fourth-order valence-corrected chi connectivity index (χ4v) is 1.86. The molecule has 0 bridgehead atoms. The summed E-state index contributed by atoms with van der Waals surface area (Å²) in [6.07, 6.45) is 5.80. The van der Waals surface area contributed by atoms with Gasteiger partial charge in [0, 0.05) is 6.54 Å². The molecule has 0 aliphatic rings. The van der Waals surface area contributed by atoms with E-state index in [2.05, 4.69) is 17.0 Å². The van der Waals surface area contributed by atoms with Crippen LogP contribution in [0.4, 0.5) is 10.1 Å². The second-order valence-electron chi connectivity index (χ2n) is 4.53. The van der Waals surface area contributed by atoms with Gasteiger partial charge in [0.15, 0.2) is 0 Å². The van der Waals surface area contributed by atoms with Crippen LogP contribution in [0, 0.1) is 5.82 Å². The van der Waals surface area contributed by atoms with Crippen molar-refractivity contribution in [2.75, 3.05) is 19.0 Å². The van der Waals surface area contributed by atoms with Gasteiger partial charge in [0.05, 0.1) is 18.4 Å². The molecule has 0 saturated carbocycles. The van der Waals surface area contributed by atoms with Crippen molar-refractivity contribution >= 4 is 11.7 Å². The van der Waals surface area contributed by atoms with Crippen LogP contribution in [-0.2, 0) is 4.74 Å². The first kappa shape index (κ1) is 15.5. The van der Waals surface area contributed by atoms with Gasteiger partial charge in [-0.25, -0.2) is 9.18 Å². The van der Waals surface area contributed by atoms with Crippen LogP contribution in [0.3, 0.4) is 0 Å². The topological polar surface area (TPSA) is 38.3 Å². The Morgan fingerprint density at radius 2 is 2.00 bits per heavy atom. The lowest BCUT2D eigenvalue weighted by atomic mass is 10.1. The third-order valence-corrected chi connectivity index (χ3v) is 2.98. The zero-order chi connectivity index (χ0) is 14.1. The molecule has 0 aliphatic carbocycles. The molecular weight excluding hydrogens is 245 g/mol. The Morgan fingerprint density at radius 1 is 1.26 bits per heavy atom. The Hall–Kier alpha value is -1.58. The van der Waals surface area contributed by atoms with E-state index < -0.39 is 5.97 Å². The minimum atomic E-state index is -0.453. The molecule has 19 heavy (non-hydrogen) atoms. The van der Waals surface area contributed by atoms with Crippen molar-refractivity contribution in [2.45, 2.75) is 39.0 Å². The normalized spacial score (nSPS) is 10.3. The lowest BCUT2D eigenvalue weighted by Gasteiger charge is -2.09. The summed E-state index contributed by atoms with van der Waals surface area (Å²) in [6.45, 7) is 2.89. The Labute approximate surface area is 114 Å². The van der Waals surface area contributed by atoms with E-state index >= 15 is 0 Å².